The van der Waals surface area contributed by atoms with Crippen LogP contribution >= 0.6 is 69.6 Å². The topological polar surface area (TPSA) is 75.3 Å². The third-order valence-electron chi connectivity index (χ3n) is 6.24. The zero-order valence-electron chi connectivity index (χ0n) is 20.2. The van der Waals surface area contributed by atoms with Crippen molar-refractivity contribution >= 4 is 98.6 Å². The van der Waals surface area contributed by atoms with Crippen LogP contribution in [0.5, 0.6) is 0 Å². The molecule has 41 heavy (non-hydrogen) atoms. The van der Waals surface area contributed by atoms with E-state index >= 15 is 0 Å². The van der Waals surface area contributed by atoms with Crippen molar-refractivity contribution in [1.82, 2.24) is 0 Å². The van der Waals surface area contributed by atoms with E-state index in [4.69, 9.17) is 69.6 Å². The average molecular weight is 685 g/mol. The Morgan fingerprint density at radius 3 is 2.15 bits per heavy atom. The molecule has 5 nitrogen and oxygen atoms in total. The Morgan fingerprint density at radius 2 is 1.54 bits per heavy atom. The summed E-state index contributed by atoms with van der Waals surface area (Å²) in [6.45, 7) is 2.76. The lowest BCUT2D eigenvalue weighted by atomic mass is 10.0. The molecule has 2 atom stereocenters. The molecule has 0 aromatic heterocycles. The van der Waals surface area contributed by atoms with E-state index < -0.39 is 63.3 Å². The van der Waals surface area contributed by atoms with E-state index in [0.29, 0.717) is 5.56 Å². The third-order valence-corrected chi connectivity index (χ3v) is 8.71. The van der Waals surface area contributed by atoms with Crippen LogP contribution in [0.15, 0.2) is 54.9 Å². The molecule has 0 bridgehead atoms. The van der Waals surface area contributed by atoms with Gasteiger partial charge in [-0.3, -0.25) is 14.4 Å². The average Bonchev–Trinajstić information content (AvgIpc) is 3.49. The molecule has 3 aromatic rings. The monoisotopic (exact) mass is 682 g/mol. The Balaban J connectivity index is 1.53. The predicted octanol–water partition coefficient (Wildman–Crippen LogP) is 8.95. The first kappa shape index (κ1) is 31.5. The van der Waals surface area contributed by atoms with Crippen molar-refractivity contribution < 1.29 is 27.6 Å². The molecule has 0 spiro atoms. The van der Waals surface area contributed by atoms with E-state index in [1.807, 2.05) is 0 Å². The highest BCUT2D eigenvalue weighted by Crippen LogP contribution is 2.65. The smallest absolute Gasteiger partial charge is 0.283 e. The van der Waals surface area contributed by atoms with Crippen LogP contribution in [0.25, 0.3) is 0 Å². The minimum absolute atomic E-state index is 0.0171. The summed E-state index contributed by atoms with van der Waals surface area (Å²) in [5.41, 5.74) is -0.702. The predicted molar refractivity (Wildman–Crippen MR) is 155 cm³/mol. The zero-order valence-corrected chi connectivity index (χ0v) is 24.8. The van der Waals surface area contributed by atoms with Crippen molar-refractivity contribution in [2.75, 3.05) is 10.6 Å². The van der Waals surface area contributed by atoms with Crippen molar-refractivity contribution in [2.24, 2.45) is 5.92 Å². The molecule has 2 amide bonds. The van der Waals surface area contributed by atoms with Gasteiger partial charge in [0.15, 0.2) is 17.4 Å². The van der Waals surface area contributed by atoms with Gasteiger partial charge < -0.3 is 10.6 Å². The first-order valence-corrected chi connectivity index (χ1v) is 13.7. The lowest BCUT2D eigenvalue weighted by Crippen LogP contribution is -2.18. The first-order chi connectivity index (χ1) is 19.1. The summed E-state index contributed by atoms with van der Waals surface area (Å²) >= 11 is 37.2. The van der Waals surface area contributed by atoms with Crippen LogP contribution in [0.3, 0.4) is 0 Å². The van der Waals surface area contributed by atoms with E-state index in [9.17, 15) is 27.6 Å². The van der Waals surface area contributed by atoms with Crippen molar-refractivity contribution in [1.29, 1.82) is 0 Å². The molecule has 2 N–H and O–H groups in total. The number of amides is 2. The van der Waals surface area contributed by atoms with Crippen LogP contribution in [0.2, 0.25) is 20.1 Å². The van der Waals surface area contributed by atoms with Gasteiger partial charge in [0, 0.05) is 23.6 Å². The molecule has 3 aromatic carbocycles. The molecule has 0 heterocycles. The van der Waals surface area contributed by atoms with Gasteiger partial charge >= 0.3 is 0 Å². The van der Waals surface area contributed by atoms with Gasteiger partial charge in [0.25, 0.3) is 5.91 Å². The van der Waals surface area contributed by atoms with E-state index in [1.54, 1.807) is 5.32 Å². The molecule has 1 aliphatic rings. The maximum absolute atomic E-state index is 14.9. The summed E-state index contributed by atoms with van der Waals surface area (Å²) in [5.74, 6) is -8.26. The van der Waals surface area contributed by atoms with Crippen molar-refractivity contribution in [3.05, 3.63) is 103 Å². The standard InChI is InChI=1S/C27H15Cl6F3N2O3/c1-10(34)25(40)38-24-18(35)5-2-11(23(24)36)8-19(39)14-9-13(3-4-15(14)28)37-26(41)21-20(27(21,32)33)12-6-16(29)22(31)17(30)7-12/h2-7,9,20-21H,1,8H2,(H,37,41)(H,38,40)/t20-,21+/m0/s1. The number of rotatable bonds is 8. The van der Waals surface area contributed by atoms with Crippen LogP contribution < -0.4 is 10.6 Å². The largest absolute Gasteiger partial charge is 0.326 e. The molecule has 214 valence electrons. The van der Waals surface area contributed by atoms with E-state index in [-0.39, 0.29) is 36.9 Å². The van der Waals surface area contributed by atoms with E-state index in [0.717, 1.165) is 12.1 Å². The van der Waals surface area contributed by atoms with Gasteiger partial charge in [0.05, 0.1) is 26.0 Å². The van der Waals surface area contributed by atoms with Gasteiger partial charge in [-0.1, -0.05) is 59.0 Å². The van der Waals surface area contributed by atoms with Crippen LogP contribution in [-0.2, 0) is 16.0 Å². The van der Waals surface area contributed by atoms with Crippen molar-refractivity contribution in [2.45, 2.75) is 16.7 Å². The fraction of sp³-hybridized carbons (Fsp3) is 0.148. The summed E-state index contributed by atoms with van der Waals surface area (Å²) in [5, 5.41) is 4.79. The first-order valence-electron chi connectivity index (χ1n) is 11.4. The minimum Gasteiger partial charge on any atom is -0.326 e. The Morgan fingerprint density at radius 1 is 0.902 bits per heavy atom. The fourth-order valence-corrected chi connectivity index (χ4v) is 5.82. The molecule has 0 aliphatic heterocycles. The SMILES string of the molecule is C=C(F)C(=O)Nc1c(F)ccc(CC(=O)c2cc(NC(=O)[C@H]3[C@H](c4cc(Cl)c(Cl)c(Cl)c4)C3(Cl)Cl)ccc2Cl)c1F. The second-order valence-corrected chi connectivity index (χ2v) is 12.0. The number of nitrogens with one attached hydrogen (secondary N) is 2. The second-order valence-electron chi connectivity index (χ2n) is 8.97. The molecule has 0 unspecified atom stereocenters. The van der Waals surface area contributed by atoms with Gasteiger partial charge in [0.2, 0.25) is 5.91 Å². The molecule has 14 heteroatoms. The molecule has 1 saturated carbocycles. The summed E-state index contributed by atoms with van der Waals surface area (Å²) in [4.78, 5) is 37.6. The number of alkyl halides is 2. The Labute approximate surface area is 261 Å². The summed E-state index contributed by atoms with van der Waals surface area (Å²) < 4.78 is 40.5. The number of hydrogen-bond acceptors (Lipinski definition) is 3. The highest BCUT2D eigenvalue weighted by Gasteiger charge is 2.67. The Kier molecular flexibility index (Phi) is 9.24. The molecular formula is C27H15Cl6F3N2O3. The number of benzene rings is 3. The fourth-order valence-electron chi connectivity index (χ4n) is 4.16. The lowest BCUT2D eigenvalue weighted by Gasteiger charge is -2.12. The number of halogens is 9. The van der Waals surface area contributed by atoms with Gasteiger partial charge in [0.1, 0.15) is 15.8 Å². The second kappa shape index (κ2) is 12.0. The van der Waals surface area contributed by atoms with E-state index in [1.165, 1.54) is 30.3 Å². The summed E-state index contributed by atoms with van der Waals surface area (Å²) in [7, 11) is 0. The molecule has 1 fully saturated rings. The summed E-state index contributed by atoms with van der Waals surface area (Å²) in [6, 6.07) is 8.82. The highest BCUT2D eigenvalue weighted by atomic mass is 35.5. The number of carbonyl (C=O) groups excluding carboxylic acids is 3. The van der Waals surface area contributed by atoms with Crippen molar-refractivity contribution in [3.63, 3.8) is 0 Å². The highest BCUT2D eigenvalue weighted by molar-refractivity contribution is 6.54. The molecular weight excluding hydrogens is 670 g/mol. The van der Waals surface area contributed by atoms with Crippen molar-refractivity contribution in [3.8, 4) is 0 Å². The van der Waals surface area contributed by atoms with Crippen LogP contribution in [0, 0.1) is 17.6 Å². The number of Topliss-reactive ketones (excluding diaryl/α,β-unsaturated/α-hetero) is 1. The van der Waals surface area contributed by atoms with Gasteiger partial charge in [-0.15, -0.1) is 23.2 Å². The molecule has 1 aliphatic carbocycles. The number of hydrogen-bond donors (Lipinski definition) is 2. The van der Waals surface area contributed by atoms with Gasteiger partial charge in [-0.05, 0) is 47.5 Å². The van der Waals surface area contributed by atoms with Crippen LogP contribution in [0.1, 0.15) is 27.4 Å². The number of ketones is 1. The van der Waals surface area contributed by atoms with E-state index in [2.05, 4.69) is 11.9 Å². The molecule has 0 radical (unpaired) electrons. The molecule has 4 rings (SSSR count). The quantitative estimate of drug-likeness (QED) is 0.108. The normalized spacial score (nSPS) is 17.1. The van der Waals surface area contributed by atoms with Crippen LogP contribution in [0.4, 0.5) is 24.5 Å². The molecule has 0 saturated heterocycles. The number of carbonyl (C=O) groups is 3. The Bertz CT molecular complexity index is 1610. The third kappa shape index (κ3) is 6.48. The maximum Gasteiger partial charge on any atom is 0.283 e. The van der Waals surface area contributed by atoms with Gasteiger partial charge in [-0.25, -0.2) is 13.2 Å². The van der Waals surface area contributed by atoms with Crippen LogP contribution in [-0.4, -0.2) is 21.9 Å². The zero-order chi connectivity index (χ0) is 30.4. The minimum atomic E-state index is -1.49. The van der Waals surface area contributed by atoms with Gasteiger partial charge in [-0.2, -0.15) is 0 Å². The number of anilines is 2. The maximum atomic E-state index is 14.9. The lowest BCUT2D eigenvalue weighted by molar-refractivity contribution is -0.117. The Hall–Kier alpha value is -2.46. The summed E-state index contributed by atoms with van der Waals surface area (Å²) in [6.07, 6.45) is -0.613.